The molecule has 0 spiro atoms. The summed E-state index contributed by atoms with van der Waals surface area (Å²) in [7, 11) is 0. The minimum Gasteiger partial charge on any atom is -0.300 e. The van der Waals surface area contributed by atoms with E-state index in [0.717, 1.165) is 6.42 Å². The molecular formula is C15H31O. The fourth-order valence-electron chi connectivity index (χ4n) is 1.49. The Morgan fingerprint density at radius 1 is 0.812 bits per heavy atom. The summed E-state index contributed by atoms with van der Waals surface area (Å²) in [5, 5.41) is 0. The molecule has 0 aromatic carbocycles. The molecule has 0 rings (SSSR count). The van der Waals surface area contributed by atoms with E-state index >= 15 is 0 Å². The van der Waals surface area contributed by atoms with Crippen LogP contribution in [0.15, 0.2) is 0 Å². The van der Waals surface area contributed by atoms with Crippen LogP contribution in [0.2, 0.25) is 0 Å². The van der Waals surface area contributed by atoms with E-state index in [1.807, 2.05) is 0 Å². The second-order valence-electron chi connectivity index (χ2n) is 4.59. The lowest BCUT2D eigenvalue weighted by molar-refractivity contribution is -0.114. The van der Waals surface area contributed by atoms with Crippen LogP contribution in [0.4, 0.5) is 0 Å². The van der Waals surface area contributed by atoms with Crippen LogP contribution in [0.25, 0.3) is 0 Å². The summed E-state index contributed by atoms with van der Waals surface area (Å²) < 4.78 is 0. The third-order valence-electron chi connectivity index (χ3n) is 2.35. The number of carbonyl (C=O) groups is 1. The van der Waals surface area contributed by atoms with E-state index in [0.29, 0.717) is 0 Å². The van der Waals surface area contributed by atoms with E-state index in [4.69, 9.17) is 0 Å². The maximum Gasteiger partial charge on any atom is 0.126 e. The van der Waals surface area contributed by atoms with Crippen molar-refractivity contribution in [2.24, 2.45) is 0 Å². The molecule has 0 aliphatic heterocycles. The van der Waals surface area contributed by atoms with Gasteiger partial charge < -0.3 is 4.79 Å². The zero-order chi connectivity index (χ0) is 12.6. The summed E-state index contributed by atoms with van der Waals surface area (Å²) in [6.45, 7) is 9.17. The molecule has 0 aromatic heterocycles. The molecule has 0 heterocycles. The Morgan fingerprint density at radius 2 is 1.12 bits per heavy atom. The van der Waals surface area contributed by atoms with E-state index < -0.39 is 0 Å². The van der Waals surface area contributed by atoms with E-state index in [1.165, 1.54) is 71.6 Å². The first-order valence-corrected chi connectivity index (χ1v) is 6.91. The highest BCUT2D eigenvalue weighted by Crippen LogP contribution is 2.09. The lowest BCUT2D eigenvalue weighted by atomic mass is 10.1. The Morgan fingerprint density at radius 3 is 1.44 bits per heavy atom. The van der Waals surface area contributed by atoms with Crippen molar-refractivity contribution in [1.82, 2.24) is 0 Å². The normalized spacial score (nSPS) is 9.50. The number of ketones is 1. The third kappa shape index (κ3) is 29.2. The lowest BCUT2D eigenvalue weighted by Crippen LogP contribution is -1.80. The predicted molar refractivity (Wildman–Crippen MR) is 73.6 cm³/mol. The Hall–Kier alpha value is -0.330. The van der Waals surface area contributed by atoms with Gasteiger partial charge in [-0.1, -0.05) is 78.1 Å². The molecule has 0 unspecified atom stereocenters. The smallest absolute Gasteiger partial charge is 0.126 e. The summed E-state index contributed by atoms with van der Waals surface area (Å²) in [5.41, 5.74) is 0. The Labute approximate surface area is 103 Å². The van der Waals surface area contributed by atoms with Crippen LogP contribution in [-0.2, 0) is 4.79 Å². The number of carbonyl (C=O) groups excluding carboxylic acids is 1. The number of hydrogen-bond donors (Lipinski definition) is 0. The Bertz CT molecular complexity index is 115. The van der Waals surface area contributed by atoms with E-state index in [1.54, 1.807) is 0 Å². The standard InChI is InChI=1S/C12H25.C3H6O/c1-3-5-7-9-11-12-10-8-6-4-2;1-3(2)4/h1,3-12H2,2H3;1-2H3. The van der Waals surface area contributed by atoms with Gasteiger partial charge in [-0.2, -0.15) is 0 Å². The molecule has 0 atom stereocenters. The molecule has 0 aliphatic carbocycles. The molecule has 0 fully saturated rings. The molecule has 1 radical (unpaired) electrons. The van der Waals surface area contributed by atoms with Crippen molar-refractivity contribution in [3.8, 4) is 0 Å². The number of hydrogen-bond acceptors (Lipinski definition) is 1. The predicted octanol–water partition coefficient (Wildman–Crippen LogP) is 5.34. The molecule has 16 heavy (non-hydrogen) atoms. The zero-order valence-corrected chi connectivity index (χ0v) is 11.7. The van der Waals surface area contributed by atoms with E-state index in [9.17, 15) is 4.79 Å². The zero-order valence-electron chi connectivity index (χ0n) is 11.7. The van der Waals surface area contributed by atoms with Crippen LogP contribution >= 0.6 is 0 Å². The largest absolute Gasteiger partial charge is 0.300 e. The van der Waals surface area contributed by atoms with Crippen LogP contribution in [0, 0.1) is 6.92 Å². The third-order valence-corrected chi connectivity index (χ3v) is 2.35. The summed E-state index contributed by atoms with van der Waals surface area (Å²) in [6.07, 6.45) is 13.9. The minimum atomic E-state index is 0.167. The summed E-state index contributed by atoms with van der Waals surface area (Å²) in [6, 6.07) is 0. The number of rotatable bonds is 9. The highest BCUT2D eigenvalue weighted by atomic mass is 16.1. The minimum absolute atomic E-state index is 0.167. The molecule has 0 amide bonds. The average Bonchev–Trinajstić information content (AvgIpc) is 2.21. The first-order valence-electron chi connectivity index (χ1n) is 6.91. The first kappa shape index (κ1) is 18.0. The Balaban J connectivity index is 0. The van der Waals surface area contributed by atoms with Gasteiger partial charge in [0.1, 0.15) is 5.78 Å². The molecule has 1 nitrogen and oxygen atoms in total. The highest BCUT2D eigenvalue weighted by molar-refractivity contribution is 5.72. The quantitative estimate of drug-likeness (QED) is 0.486. The van der Waals surface area contributed by atoms with Gasteiger partial charge >= 0.3 is 0 Å². The molecule has 0 bridgehead atoms. The van der Waals surface area contributed by atoms with Gasteiger partial charge in [0.2, 0.25) is 0 Å². The van der Waals surface area contributed by atoms with Crippen molar-refractivity contribution < 1.29 is 4.79 Å². The van der Waals surface area contributed by atoms with Crippen LogP contribution in [0.5, 0.6) is 0 Å². The summed E-state index contributed by atoms with van der Waals surface area (Å²) in [4.78, 5) is 9.44. The van der Waals surface area contributed by atoms with Crippen LogP contribution in [0.3, 0.4) is 0 Å². The van der Waals surface area contributed by atoms with Crippen molar-refractivity contribution in [2.45, 2.75) is 85.0 Å². The van der Waals surface area contributed by atoms with Gasteiger partial charge in [0.25, 0.3) is 0 Å². The van der Waals surface area contributed by atoms with Gasteiger partial charge in [-0.25, -0.2) is 0 Å². The van der Waals surface area contributed by atoms with Crippen molar-refractivity contribution in [1.29, 1.82) is 0 Å². The number of unbranched alkanes of at least 4 members (excludes halogenated alkanes) is 9. The second-order valence-corrected chi connectivity index (χ2v) is 4.59. The van der Waals surface area contributed by atoms with Gasteiger partial charge in [0.05, 0.1) is 0 Å². The SMILES string of the molecule is CC(C)=O.[CH2]CCCCCCCCCCC. The molecule has 0 N–H and O–H groups in total. The van der Waals surface area contributed by atoms with E-state index in [-0.39, 0.29) is 5.78 Å². The van der Waals surface area contributed by atoms with Crippen molar-refractivity contribution in [2.75, 3.05) is 0 Å². The second kappa shape index (κ2) is 17.1. The van der Waals surface area contributed by atoms with Crippen LogP contribution in [0.1, 0.15) is 85.0 Å². The van der Waals surface area contributed by atoms with Crippen LogP contribution in [-0.4, -0.2) is 5.78 Å². The molecular weight excluding hydrogens is 196 g/mol. The lowest BCUT2D eigenvalue weighted by Gasteiger charge is -1.99. The van der Waals surface area contributed by atoms with Crippen molar-refractivity contribution in [3.63, 3.8) is 0 Å². The van der Waals surface area contributed by atoms with Gasteiger partial charge in [0.15, 0.2) is 0 Å². The van der Waals surface area contributed by atoms with Gasteiger partial charge in [-0.3, -0.25) is 0 Å². The highest BCUT2D eigenvalue weighted by Gasteiger charge is 1.90. The van der Waals surface area contributed by atoms with E-state index in [2.05, 4.69) is 13.8 Å². The topological polar surface area (TPSA) is 17.1 Å². The number of Topliss-reactive ketones (excluding diaryl/α,β-unsaturated/α-hetero) is 1. The average molecular weight is 227 g/mol. The maximum absolute atomic E-state index is 9.44. The first-order chi connectivity index (χ1) is 7.65. The van der Waals surface area contributed by atoms with Gasteiger partial charge in [-0.15, -0.1) is 0 Å². The molecule has 0 aliphatic rings. The van der Waals surface area contributed by atoms with Crippen molar-refractivity contribution >= 4 is 5.78 Å². The monoisotopic (exact) mass is 227 g/mol. The molecule has 0 saturated heterocycles. The fourth-order valence-corrected chi connectivity index (χ4v) is 1.49. The maximum atomic E-state index is 9.44. The fraction of sp³-hybridized carbons (Fsp3) is 0.867. The van der Waals surface area contributed by atoms with Gasteiger partial charge in [0, 0.05) is 0 Å². The Kier molecular flexibility index (Phi) is 19.3. The van der Waals surface area contributed by atoms with Crippen LogP contribution < -0.4 is 0 Å². The van der Waals surface area contributed by atoms with Gasteiger partial charge in [-0.05, 0) is 13.8 Å². The summed E-state index contributed by atoms with van der Waals surface area (Å²) >= 11 is 0. The molecule has 1 heteroatoms. The van der Waals surface area contributed by atoms with Crippen molar-refractivity contribution in [3.05, 3.63) is 6.92 Å². The molecule has 0 aromatic rings. The molecule has 97 valence electrons. The summed E-state index contributed by atoms with van der Waals surface area (Å²) in [5.74, 6) is 0.167. The molecule has 0 saturated carbocycles.